The number of halogens is 5. The van der Waals surface area contributed by atoms with Gasteiger partial charge in [0.05, 0.1) is 17.6 Å². The predicted molar refractivity (Wildman–Crippen MR) is 144 cm³/mol. The van der Waals surface area contributed by atoms with E-state index in [0.717, 1.165) is 17.0 Å². The molecule has 1 saturated heterocycles. The number of rotatable bonds is 7. The van der Waals surface area contributed by atoms with Crippen LogP contribution >= 0.6 is 11.6 Å². The van der Waals surface area contributed by atoms with Crippen molar-refractivity contribution in [3.05, 3.63) is 88.6 Å². The first-order valence-electron chi connectivity index (χ1n) is 12.8. The van der Waals surface area contributed by atoms with Crippen LogP contribution in [0.15, 0.2) is 60.8 Å². The Morgan fingerprint density at radius 2 is 1.79 bits per heavy atom. The zero-order chi connectivity index (χ0) is 30.2. The van der Waals surface area contributed by atoms with Gasteiger partial charge < -0.3 is 10.6 Å². The Bertz CT molecular complexity index is 1600. The third-order valence-corrected chi connectivity index (χ3v) is 7.72. The lowest BCUT2D eigenvalue weighted by Gasteiger charge is -2.43. The molecule has 1 aliphatic carbocycles. The molecule has 0 spiro atoms. The minimum absolute atomic E-state index is 0.0404. The lowest BCUT2D eigenvalue weighted by molar-refractivity contribution is -0.136. The van der Waals surface area contributed by atoms with Crippen LogP contribution in [0.4, 0.5) is 29.1 Å². The highest BCUT2D eigenvalue weighted by Gasteiger charge is 2.61. The van der Waals surface area contributed by atoms with E-state index in [0.29, 0.717) is 6.07 Å². The first-order valence-corrected chi connectivity index (χ1v) is 13.2. The average molecular weight is 600 g/mol. The first kappa shape index (κ1) is 29.0. The molecule has 2 aromatic carbocycles. The smallest absolute Gasteiger partial charge is 0.252 e. The number of amides is 3. The summed E-state index contributed by atoms with van der Waals surface area (Å²) in [5.41, 5.74) is -2.27. The fourth-order valence-corrected chi connectivity index (χ4v) is 5.79. The Morgan fingerprint density at radius 3 is 2.43 bits per heavy atom. The number of carbonyl (C=O) groups excluding carboxylic acids is 3. The molecule has 3 amide bonds. The Kier molecular flexibility index (Phi) is 7.64. The van der Waals surface area contributed by atoms with E-state index in [2.05, 4.69) is 15.6 Å². The van der Waals surface area contributed by atoms with E-state index < -0.39 is 65.6 Å². The number of anilines is 2. The van der Waals surface area contributed by atoms with Gasteiger partial charge >= 0.3 is 0 Å². The van der Waals surface area contributed by atoms with Gasteiger partial charge in [-0.3, -0.25) is 19.3 Å². The second-order valence-corrected chi connectivity index (χ2v) is 10.6. The van der Waals surface area contributed by atoms with Crippen molar-refractivity contribution in [2.45, 2.75) is 49.1 Å². The van der Waals surface area contributed by atoms with Crippen molar-refractivity contribution in [2.24, 2.45) is 0 Å². The minimum Gasteiger partial charge on any atom is -0.352 e. The van der Waals surface area contributed by atoms with Crippen molar-refractivity contribution in [3.8, 4) is 6.07 Å². The van der Waals surface area contributed by atoms with Crippen LogP contribution in [-0.4, -0.2) is 40.2 Å². The summed E-state index contributed by atoms with van der Waals surface area (Å²) < 4.78 is 55.4. The van der Waals surface area contributed by atoms with Crippen molar-refractivity contribution in [3.63, 3.8) is 0 Å². The van der Waals surface area contributed by atoms with Crippen molar-refractivity contribution in [1.29, 1.82) is 5.26 Å². The Labute approximate surface area is 242 Å². The van der Waals surface area contributed by atoms with Gasteiger partial charge in [-0.2, -0.15) is 5.26 Å². The van der Waals surface area contributed by atoms with Gasteiger partial charge in [0.25, 0.3) is 11.8 Å². The van der Waals surface area contributed by atoms with Gasteiger partial charge in [-0.25, -0.2) is 22.5 Å². The number of nitriles is 1. The SMILES string of the molecule is N#Cc1ccnc(N2C(=O)CCC2(C(=O)Nc2cc(F)cc(F)c2)[C@@H](C(=O)NC2CC(F)(F)C2)c2ccccc2Cl)c1. The number of benzene rings is 2. The molecule has 1 unspecified atom stereocenters. The Morgan fingerprint density at radius 1 is 1.10 bits per heavy atom. The van der Waals surface area contributed by atoms with Gasteiger partial charge in [-0.05, 0) is 42.3 Å². The third-order valence-electron chi connectivity index (χ3n) is 7.38. The second-order valence-electron chi connectivity index (χ2n) is 10.2. The summed E-state index contributed by atoms with van der Waals surface area (Å²) in [7, 11) is 0. The number of hydrogen-bond donors (Lipinski definition) is 2. The van der Waals surface area contributed by atoms with Crippen LogP contribution < -0.4 is 15.5 Å². The molecule has 2 fully saturated rings. The lowest BCUT2D eigenvalue weighted by Crippen LogP contribution is -2.63. The van der Waals surface area contributed by atoms with Crippen molar-refractivity contribution >= 4 is 40.8 Å². The van der Waals surface area contributed by atoms with Gasteiger partial charge in [0.2, 0.25) is 11.8 Å². The summed E-state index contributed by atoms with van der Waals surface area (Å²) in [6, 6.07) is 12.0. The summed E-state index contributed by atoms with van der Waals surface area (Å²) in [6.07, 6.45) is -0.559. The van der Waals surface area contributed by atoms with Gasteiger partial charge in [-0.1, -0.05) is 29.8 Å². The molecule has 1 aromatic heterocycles. The van der Waals surface area contributed by atoms with Crippen LogP contribution in [-0.2, 0) is 14.4 Å². The van der Waals surface area contributed by atoms with Crippen LogP contribution in [0.5, 0.6) is 0 Å². The summed E-state index contributed by atoms with van der Waals surface area (Å²) in [5, 5.41) is 14.5. The molecule has 2 N–H and O–H groups in total. The maximum absolute atomic E-state index is 14.4. The van der Waals surface area contributed by atoms with E-state index in [9.17, 15) is 37.2 Å². The Balaban J connectivity index is 1.70. The fourth-order valence-electron chi connectivity index (χ4n) is 5.54. The number of pyridine rings is 1. The highest BCUT2D eigenvalue weighted by Crippen LogP contribution is 2.47. The number of aromatic nitrogens is 1. The molecule has 13 heteroatoms. The maximum Gasteiger partial charge on any atom is 0.252 e. The molecule has 1 saturated carbocycles. The van der Waals surface area contributed by atoms with E-state index in [1.807, 2.05) is 6.07 Å². The molecule has 2 atom stereocenters. The van der Waals surface area contributed by atoms with E-state index in [1.54, 1.807) is 12.1 Å². The quantitative estimate of drug-likeness (QED) is 0.367. The molecule has 5 rings (SSSR count). The van der Waals surface area contributed by atoms with Crippen LogP contribution in [0, 0.1) is 23.0 Å². The van der Waals surface area contributed by atoms with Crippen LogP contribution in [0.1, 0.15) is 42.7 Å². The number of nitrogens with one attached hydrogen (secondary N) is 2. The Hall–Kier alpha value is -4.50. The van der Waals surface area contributed by atoms with Crippen LogP contribution in [0.3, 0.4) is 0 Å². The first-order chi connectivity index (χ1) is 19.9. The van der Waals surface area contributed by atoms with Gasteiger partial charge in [0, 0.05) is 48.3 Å². The summed E-state index contributed by atoms with van der Waals surface area (Å²) in [5.74, 6) is -9.22. The molecule has 216 valence electrons. The minimum atomic E-state index is -2.97. The van der Waals surface area contributed by atoms with Crippen molar-refractivity contribution < 1.29 is 31.9 Å². The highest BCUT2D eigenvalue weighted by molar-refractivity contribution is 6.32. The topological polar surface area (TPSA) is 115 Å². The van der Waals surface area contributed by atoms with E-state index in [-0.39, 0.29) is 40.5 Å². The van der Waals surface area contributed by atoms with E-state index in [1.165, 1.54) is 30.5 Å². The molecule has 42 heavy (non-hydrogen) atoms. The van der Waals surface area contributed by atoms with Gasteiger partial charge in [0.15, 0.2) is 0 Å². The third kappa shape index (κ3) is 5.39. The zero-order valence-electron chi connectivity index (χ0n) is 21.7. The average Bonchev–Trinajstić information content (AvgIpc) is 3.25. The molecular weight excluding hydrogens is 578 g/mol. The fraction of sp³-hybridized carbons (Fsp3) is 0.276. The number of alkyl halides is 2. The van der Waals surface area contributed by atoms with Gasteiger partial charge in [-0.15, -0.1) is 0 Å². The van der Waals surface area contributed by atoms with Crippen LogP contribution in [0.2, 0.25) is 5.02 Å². The predicted octanol–water partition coefficient (Wildman–Crippen LogP) is 5.09. The monoisotopic (exact) mass is 599 g/mol. The molecule has 2 heterocycles. The molecule has 0 radical (unpaired) electrons. The van der Waals surface area contributed by atoms with Crippen molar-refractivity contribution in [2.75, 3.05) is 10.2 Å². The van der Waals surface area contributed by atoms with Crippen molar-refractivity contribution in [1.82, 2.24) is 10.3 Å². The van der Waals surface area contributed by atoms with E-state index >= 15 is 0 Å². The lowest BCUT2D eigenvalue weighted by atomic mass is 9.74. The van der Waals surface area contributed by atoms with Gasteiger partial charge in [0.1, 0.15) is 23.0 Å². The molecule has 1 aliphatic heterocycles. The molecule has 8 nitrogen and oxygen atoms in total. The van der Waals surface area contributed by atoms with Crippen LogP contribution in [0.25, 0.3) is 0 Å². The molecular formula is C29H22ClF4N5O3. The second kappa shape index (κ2) is 11.1. The van der Waals surface area contributed by atoms with E-state index in [4.69, 9.17) is 11.6 Å². The maximum atomic E-state index is 14.4. The summed E-state index contributed by atoms with van der Waals surface area (Å²) in [6.45, 7) is 0. The number of hydrogen-bond acceptors (Lipinski definition) is 5. The molecule has 2 aliphatic rings. The summed E-state index contributed by atoms with van der Waals surface area (Å²) >= 11 is 6.52. The highest BCUT2D eigenvalue weighted by atomic mass is 35.5. The molecule has 0 bridgehead atoms. The standard InChI is InChI=1S/C29H22ClF4N5O3/c30-22-4-2-1-3-21(22)25(26(41)37-20-13-28(33,34)14-20)29(27(42)38-19-11-17(31)10-18(32)12-19)7-5-24(40)39(29)23-9-16(15-35)6-8-36-23/h1-4,6,8-12,20,25H,5,7,13-14H2,(H,37,41)(H,38,42)/t25-,29?/m1/s1. The zero-order valence-corrected chi connectivity index (χ0v) is 22.5. The number of nitrogens with zero attached hydrogens (tertiary/aromatic N) is 3. The molecule has 3 aromatic rings. The number of carbonyl (C=O) groups is 3. The normalized spacial score (nSPS) is 20.4. The summed E-state index contributed by atoms with van der Waals surface area (Å²) in [4.78, 5) is 47.1. The largest absolute Gasteiger partial charge is 0.352 e.